The molecule has 0 aromatic heterocycles. The van der Waals surface area contributed by atoms with E-state index in [2.05, 4.69) is 21.2 Å². The molecular formula is C29H34BrN3O6S. The zero-order chi connectivity index (χ0) is 29.6. The van der Waals surface area contributed by atoms with Crippen molar-refractivity contribution in [1.82, 2.24) is 10.2 Å². The number of ether oxygens (including phenoxy) is 2. The molecule has 2 amide bonds. The van der Waals surface area contributed by atoms with Crippen molar-refractivity contribution in [1.29, 1.82) is 0 Å². The lowest BCUT2D eigenvalue weighted by molar-refractivity contribution is -0.139. The first-order chi connectivity index (χ1) is 18.9. The number of anilines is 1. The van der Waals surface area contributed by atoms with Crippen LogP contribution in [0.3, 0.4) is 0 Å². The molecule has 214 valence electrons. The number of sulfonamides is 1. The van der Waals surface area contributed by atoms with Crippen molar-refractivity contribution in [3.05, 3.63) is 81.8 Å². The van der Waals surface area contributed by atoms with Crippen molar-refractivity contribution >= 4 is 43.5 Å². The monoisotopic (exact) mass is 631 g/mol. The van der Waals surface area contributed by atoms with Crippen molar-refractivity contribution in [2.45, 2.75) is 38.3 Å². The van der Waals surface area contributed by atoms with Gasteiger partial charge in [0.05, 0.1) is 24.8 Å². The third-order valence-corrected chi connectivity index (χ3v) is 8.64. The quantitative estimate of drug-likeness (QED) is 0.335. The van der Waals surface area contributed by atoms with E-state index in [1.807, 2.05) is 44.2 Å². The Bertz CT molecular complexity index is 1470. The Balaban J connectivity index is 2.11. The van der Waals surface area contributed by atoms with E-state index in [1.54, 1.807) is 19.1 Å². The standard InChI is InChI=1S/C29H34BrN3O6S/c1-19-12-20(2)14-24(13-19)33(40(36,37)25-10-11-26(38-5)27(16-25)39-6)18-28(34)32(21(3)29(35)31-4)17-22-8-7-9-23(30)15-22/h7-16,21H,17-18H2,1-6H3,(H,31,35)/t21-/m0/s1. The Hall–Kier alpha value is -3.57. The molecule has 0 radical (unpaired) electrons. The van der Waals surface area contributed by atoms with Crippen molar-refractivity contribution in [3.8, 4) is 11.5 Å². The van der Waals surface area contributed by atoms with E-state index >= 15 is 0 Å². The highest BCUT2D eigenvalue weighted by Gasteiger charge is 2.33. The van der Waals surface area contributed by atoms with Gasteiger partial charge in [0.1, 0.15) is 12.6 Å². The van der Waals surface area contributed by atoms with E-state index in [1.165, 1.54) is 44.4 Å². The van der Waals surface area contributed by atoms with Crippen LogP contribution in [0.5, 0.6) is 11.5 Å². The average Bonchev–Trinajstić information content (AvgIpc) is 2.92. The summed E-state index contributed by atoms with van der Waals surface area (Å²) in [4.78, 5) is 27.9. The fraction of sp³-hybridized carbons (Fsp3) is 0.310. The molecule has 1 atom stereocenters. The smallest absolute Gasteiger partial charge is 0.264 e. The third kappa shape index (κ3) is 7.14. The molecule has 11 heteroatoms. The summed E-state index contributed by atoms with van der Waals surface area (Å²) in [5, 5.41) is 2.58. The number of nitrogens with one attached hydrogen (secondary N) is 1. The summed E-state index contributed by atoms with van der Waals surface area (Å²) >= 11 is 3.44. The molecule has 3 rings (SSSR count). The Labute approximate surface area is 244 Å². The van der Waals surface area contributed by atoms with Crippen molar-refractivity contribution in [2.75, 3.05) is 32.1 Å². The van der Waals surface area contributed by atoms with Crippen LogP contribution in [-0.2, 0) is 26.2 Å². The minimum absolute atomic E-state index is 0.0741. The summed E-state index contributed by atoms with van der Waals surface area (Å²) in [5.74, 6) is -0.307. The maximum Gasteiger partial charge on any atom is 0.264 e. The molecule has 0 aliphatic heterocycles. The lowest BCUT2D eigenvalue weighted by atomic mass is 10.1. The zero-order valence-electron chi connectivity index (χ0n) is 23.4. The van der Waals surface area contributed by atoms with Gasteiger partial charge in [0.15, 0.2) is 11.5 Å². The molecule has 0 fully saturated rings. The van der Waals surface area contributed by atoms with Crippen LogP contribution in [0.25, 0.3) is 0 Å². The van der Waals surface area contributed by atoms with E-state index in [4.69, 9.17) is 9.47 Å². The predicted octanol–water partition coefficient (Wildman–Crippen LogP) is 4.44. The van der Waals surface area contributed by atoms with Crippen molar-refractivity contribution in [2.24, 2.45) is 0 Å². The van der Waals surface area contributed by atoms with Crippen LogP contribution < -0.4 is 19.1 Å². The summed E-state index contributed by atoms with van der Waals surface area (Å²) in [5.41, 5.74) is 2.77. The minimum Gasteiger partial charge on any atom is -0.493 e. The van der Waals surface area contributed by atoms with E-state index < -0.39 is 28.5 Å². The van der Waals surface area contributed by atoms with Gasteiger partial charge in [-0.15, -0.1) is 0 Å². The molecule has 0 unspecified atom stereocenters. The number of halogens is 1. The largest absolute Gasteiger partial charge is 0.493 e. The molecule has 9 nitrogen and oxygen atoms in total. The highest BCUT2D eigenvalue weighted by Crippen LogP contribution is 2.33. The number of hydrogen-bond acceptors (Lipinski definition) is 6. The molecular weight excluding hydrogens is 598 g/mol. The number of methoxy groups -OCH3 is 2. The molecule has 1 N–H and O–H groups in total. The highest BCUT2D eigenvalue weighted by atomic mass is 79.9. The topological polar surface area (TPSA) is 105 Å². The molecule has 0 aliphatic rings. The van der Waals surface area contributed by atoms with Crippen molar-refractivity contribution in [3.63, 3.8) is 0 Å². The van der Waals surface area contributed by atoms with Gasteiger partial charge in [-0.3, -0.25) is 13.9 Å². The molecule has 0 bridgehead atoms. The number of benzene rings is 3. The van der Waals surface area contributed by atoms with Crippen LogP contribution in [0.15, 0.2) is 70.0 Å². The minimum atomic E-state index is -4.26. The second kappa shape index (κ2) is 13.2. The molecule has 0 saturated heterocycles. The fourth-order valence-electron chi connectivity index (χ4n) is 4.35. The Kier molecular flexibility index (Phi) is 10.2. The van der Waals surface area contributed by atoms with Crippen LogP contribution in [0.1, 0.15) is 23.6 Å². The van der Waals surface area contributed by atoms with Gasteiger partial charge >= 0.3 is 0 Å². The maximum atomic E-state index is 14.1. The number of hydrogen-bond donors (Lipinski definition) is 1. The molecule has 3 aromatic carbocycles. The summed E-state index contributed by atoms with van der Waals surface area (Å²) in [6, 6.07) is 16.1. The van der Waals surface area contributed by atoms with Gasteiger partial charge in [0, 0.05) is 24.1 Å². The van der Waals surface area contributed by atoms with Crippen LogP contribution in [-0.4, -0.2) is 59.0 Å². The summed E-state index contributed by atoms with van der Waals surface area (Å²) < 4.78 is 40.7. The molecule has 0 saturated carbocycles. The van der Waals surface area contributed by atoms with E-state index in [0.717, 1.165) is 25.5 Å². The first kappa shape index (κ1) is 31.0. The SMILES string of the molecule is CNC(=O)[C@H](C)N(Cc1cccc(Br)c1)C(=O)CN(c1cc(C)cc(C)c1)S(=O)(=O)c1ccc(OC)c(OC)c1. The lowest BCUT2D eigenvalue weighted by Gasteiger charge is -2.32. The van der Waals surface area contributed by atoms with Gasteiger partial charge in [-0.1, -0.05) is 34.1 Å². The number of likely N-dealkylation sites (N-methyl/N-ethyl adjacent to an activating group) is 1. The summed E-state index contributed by atoms with van der Waals surface area (Å²) in [6.07, 6.45) is 0. The summed E-state index contributed by atoms with van der Waals surface area (Å²) in [7, 11) is 0.102. The maximum absolute atomic E-state index is 14.1. The molecule has 40 heavy (non-hydrogen) atoms. The van der Waals surface area contributed by atoms with Crippen molar-refractivity contribution < 1.29 is 27.5 Å². The zero-order valence-corrected chi connectivity index (χ0v) is 25.8. The number of carbonyl (C=O) groups is 2. The van der Waals surface area contributed by atoms with Crippen LogP contribution in [0, 0.1) is 13.8 Å². The number of carbonyl (C=O) groups excluding carboxylic acids is 2. The number of nitrogens with zero attached hydrogens (tertiary/aromatic N) is 2. The van der Waals surface area contributed by atoms with E-state index in [-0.39, 0.29) is 23.1 Å². The Morgan fingerprint density at radius 1 is 0.950 bits per heavy atom. The normalized spacial score (nSPS) is 11.9. The Morgan fingerprint density at radius 2 is 1.60 bits per heavy atom. The highest BCUT2D eigenvalue weighted by molar-refractivity contribution is 9.10. The second-order valence-electron chi connectivity index (χ2n) is 9.32. The first-order valence-corrected chi connectivity index (χ1v) is 14.7. The number of amides is 2. The second-order valence-corrected chi connectivity index (χ2v) is 12.1. The molecule has 3 aromatic rings. The van der Waals surface area contributed by atoms with Crippen LogP contribution in [0.4, 0.5) is 5.69 Å². The fourth-order valence-corrected chi connectivity index (χ4v) is 6.21. The number of rotatable bonds is 11. The number of aryl methyl sites for hydroxylation is 2. The lowest BCUT2D eigenvalue weighted by Crippen LogP contribution is -2.50. The molecule has 0 heterocycles. The Morgan fingerprint density at radius 3 is 2.17 bits per heavy atom. The predicted molar refractivity (Wildman–Crippen MR) is 158 cm³/mol. The first-order valence-electron chi connectivity index (χ1n) is 12.5. The van der Waals surface area contributed by atoms with E-state index in [9.17, 15) is 18.0 Å². The van der Waals surface area contributed by atoms with Gasteiger partial charge in [0.25, 0.3) is 10.0 Å². The molecule has 0 aliphatic carbocycles. The molecule has 0 spiro atoms. The third-order valence-electron chi connectivity index (χ3n) is 6.37. The average molecular weight is 633 g/mol. The van der Waals surface area contributed by atoms with Crippen LogP contribution in [0.2, 0.25) is 0 Å². The van der Waals surface area contributed by atoms with Gasteiger partial charge in [-0.25, -0.2) is 8.42 Å². The van der Waals surface area contributed by atoms with Gasteiger partial charge in [-0.05, 0) is 73.9 Å². The van der Waals surface area contributed by atoms with Gasteiger partial charge in [-0.2, -0.15) is 0 Å². The van der Waals surface area contributed by atoms with E-state index in [0.29, 0.717) is 11.4 Å². The van der Waals surface area contributed by atoms with Gasteiger partial charge < -0.3 is 19.7 Å². The van der Waals surface area contributed by atoms with Gasteiger partial charge in [0.2, 0.25) is 11.8 Å². The summed E-state index contributed by atoms with van der Waals surface area (Å²) in [6.45, 7) is 4.89. The van der Waals surface area contributed by atoms with Crippen LogP contribution >= 0.6 is 15.9 Å².